The van der Waals surface area contributed by atoms with Gasteiger partial charge >= 0.3 is 6.09 Å². The molecule has 1 aromatic rings. The van der Waals surface area contributed by atoms with Crippen LogP contribution in [-0.2, 0) is 4.74 Å². The lowest BCUT2D eigenvalue weighted by atomic mass is 10.3. The molecule has 2 heterocycles. The molecular formula is C12H15BrN2O3. The highest BCUT2D eigenvalue weighted by atomic mass is 79.9. The minimum Gasteiger partial charge on any atom is -0.472 e. The highest BCUT2D eigenvalue weighted by molar-refractivity contribution is 9.10. The summed E-state index contributed by atoms with van der Waals surface area (Å²) >= 11 is 3.32. The Labute approximate surface area is 114 Å². The van der Waals surface area contributed by atoms with Crippen molar-refractivity contribution in [1.29, 1.82) is 0 Å². The van der Waals surface area contributed by atoms with Crippen LogP contribution in [0.1, 0.15) is 13.3 Å². The zero-order valence-electron chi connectivity index (χ0n) is 10.1. The predicted octanol–water partition coefficient (Wildman–Crippen LogP) is 2.45. The van der Waals surface area contributed by atoms with Gasteiger partial charge in [0.25, 0.3) is 0 Å². The smallest absolute Gasteiger partial charge is 0.409 e. The molecule has 1 saturated heterocycles. The van der Waals surface area contributed by atoms with Crippen molar-refractivity contribution in [2.45, 2.75) is 19.4 Å². The van der Waals surface area contributed by atoms with Crippen molar-refractivity contribution < 1.29 is 14.3 Å². The van der Waals surface area contributed by atoms with Gasteiger partial charge in [-0.25, -0.2) is 9.78 Å². The van der Waals surface area contributed by atoms with Crippen molar-refractivity contribution in [1.82, 2.24) is 9.88 Å². The number of rotatable bonds is 3. The van der Waals surface area contributed by atoms with Crippen molar-refractivity contribution in [3.8, 4) is 5.88 Å². The topological polar surface area (TPSA) is 51.7 Å². The summed E-state index contributed by atoms with van der Waals surface area (Å²) in [6, 6.07) is 3.68. The molecular weight excluding hydrogens is 300 g/mol. The molecule has 6 heteroatoms. The van der Waals surface area contributed by atoms with E-state index < -0.39 is 0 Å². The third-order valence-electron chi connectivity index (χ3n) is 2.66. The molecule has 1 atom stereocenters. The van der Waals surface area contributed by atoms with Gasteiger partial charge in [-0.05, 0) is 28.9 Å². The number of nitrogens with zero attached hydrogens (tertiary/aromatic N) is 2. The average molecular weight is 315 g/mol. The van der Waals surface area contributed by atoms with Gasteiger partial charge in [-0.3, -0.25) is 0 Å². The fourth-order valence-corrected chi connectivity index (χ4v) is 2.04. The number of halogens is 1. The van der Waals surface area contributed by atoms with Crippen LogP contribution in [0.5, 0.6) is 5.88 Å². The lowest BCUT2D eigenvalue weighted by Gasteiger charge is -2.16. The van der Waals surface area contributed by atoms with Gasteiger partial charge in [0.15, 0.2) is 0 Å². The number of pyridine rings is 1. The molecule has 0 unspecified atom stereocenters. The summed E-state index contributed by atoms with van der Waals surface area (Å²) in [6.45, 7) is 3.42. The minimum atomic E-state index is -0.271. The fourth-order valence-electron chi connectivity index (χ4n) is 1.81. The fraction of sp³-hybridized carbons (Fsp3) is 0.500. The van der Waals surface area contributed by atoms with E-state index in [1.165, 1.54) is 0 Å². The molecule has 5 nitrogen and oxygen atoms in total. The normalized spacial score (nSPS) is 18.8. The molecule has 2 rings (SSSR count). The number of ether oxygens (including phenoxy) is 2. The first-order valence-corrected chi connectivity index (χ1v) is 6.68. The Bertz CT molecular complexity index is 410. The molecule has 0 aromatic carbocycles. The summed E-state index contributed by atoms with van der Waals surface area (Å²) in [7, 11) is 0. The van der Waals surface area contributed by atoms with Crippen LogP contribution in [-0.4, -0.2) is 41.8 Å². The Morgan fingerprint density at radius 1 is 1.61 bits per heavy atom. The number of carbonyl (C=O) groups is 1. The van der Waals surface area contributed by atoms with Gasteiger partial charge in [0.1, 0.15) is 6.10 Å². The van der Waals surface area contributed by atoms with Crippen molar-refractivity contribution in [2.75, 3.05) is 19.7 Å². The van der Waals surface area contributed by atoms with Gasteiger partial charge in [0.05, 0.1) is 13.2 Å². The van der Waals surface area contributed by atoms with Gasteiger partial charge in [-0.1, -0.05) is 0 Å². The third-order valence-corrected chi connectivity index (χ3v) is 3.13. The van der Waals surface area contributed by atoms with E-state index in [1.807, 2.05) is 6.07 Å². The summed E-state index contributed by atoms with van der Waals surface area (Å²) in [5.74, 6) is 0.578. The molecule has 0 aliphatic carbocycles. The molecule has 0 spiro atoms. The van der Waals surface area contributed by atoms with E-state index in [2.05, 4.69) is 20.9 Å². The Hall–Kier alpha value is -1.30. The third kappa shape index (κ3) is 3.35. The molecule has 0 N–H and O–H groups in total. The van der Waals surface area contributed by atoms with E-state index in [4.69, 9.17) is 9.47 Å². The van der Waals surface area contributed by atoms with E-state index in [9.17, 15) is 4.79 Å². The highest BCUT2D eigenvalue weighted by Crippen LogP contribution is 2.18. The van der Waals surface area contributed by atoms with Crippen molar-refractivity contribution in [3.05, 3.63) is 22.8 Å². The second kappa shape index (κ2) is 6.04. The van der Waals surface area contributed by atoms with Crippen LogP contribution in [0.4, 0.5) is 4.79 Å². The van der Waals surface area contributed by atoms with Crippen molar-refractivity contribution in [2.24, 2.45) is 0 Å². The Balaban J connectivity index is 1.86. The standard InChI is InChI=1S/C12H15BrN2O3/c1-2-17-12(16)15-6-5-10(8-15)18-11-4-3-9(13)7-14-11/h3-4,7,10H,2,5-6,8H2,1H3/t10-/m1/s1. The van der Waals surface area contributed by atoms with Crippen molar-refractivity contribution >= 4 is 22.0 Å². The number of carbonyl (C=O) groups excluding carboxylic acids is 1. The van der Waals surface area contributed by atoms with Gasteiger partial charge in [-0.15, -0.1) is 0 Å². The van der Waals surface area contributed by atoms with E-state index >= 15 is 0 Å². The summed E-state index contributed by atoms with van der Waals surface area (Å²) in [5.41, 5.74) is 0. The van der Waals surface area contributed by atoms with E-state index in [0.717, 1.165) is 10.9 Å². The number of likely N-dealkylation sites (tertiary alicyclic amines) is 1. The molecule has 1 aliphatic heterocycles. The summed E-state index contributed by atoms with van der Waals surface area (Å²) in [5, 5.41) is 0. The van der Waals surface area contributed by atoms with Gasteiger partial charge in [-0.2, -0.15) is 0 Å². The second-order valence-electron chi connectivity index (χ2n) is 3.99. The maximum absolute atomic E-state index is 11.5. The molecule has 1 aliphatic rings. The zero-order chi connectivity index (χ0) is 13.0. The van der Waals surface area contributed by atoms with Gasteiger partial charge < -0.3 is 14.4 Å². The molecule has 1 amide bonds. The van der Waals surface area contributed by atoms with Gasteiger partial charge in [0, 0.05) is 29.7 Å². The Kier molecular flexibility index (Phi) is 4.41. The summed E-state index contributed by atoms with van der Waals surface area (Å²) in [6.07, 6.45) is 2.21. The van der Waals surface area contributed by atoms with E-state index in [-0.39, 0.29) is 12.2 Å². The predicted molar refractivity (Wildman–Crippen MR) is 69.6 cm³/mol. The first-order valence-electron chi connectivity index (χ1n) is 5.89. The monoisotopic (exact) mass is 314 g/mol. The van der Waals surface area contributed by atoms with Crippen LogP contribution in [0, 0.1) is 0 Å². The maximum atomic E-state index is 11.5. The first-order chi connectivity index (χ1) is 8.69. The molecule has 98 valence electrons. The minimum absolute atomic E-state index is 0.0110. The quantitative estimate of drug-likeness (QED) is 0.860. The lowest BCUT2D eigenvalue weighted by Crippen LogP contribution is -2.31. The molecule has 0 bridgehead atoms. The SMILES string of the molecule is CCOC(=O)N1CC[C@@H](Oc2ccc(Br)cn2)C1. The van der Waals surface area contributed by atoms with Crippen molar-refractivity contribution in [3.63, 3.8) is 0 Å². The van der Waals surface area contributed by atoms with E-state index in [1.54, 1.807) is 24.1 Å². The molecule has 0 radical (unpaired) electrons. The number of amides is 1. The largest absolute Gasteiger partial charge is 0.472 e. The highest BCUT2D eigenvalue weighted by Gasteiger charge is 2.28. The van der Waals surface area contributed by atoms with Crippen LogP contribution >= 0.6 is 15.9 Å². The lowest BCUT2D eigenvalue weighted by molar-refractivity contribution is 0.109. The molecule has 18 heavy (non-hydrogen) atoms. The van der Waals surface area contributed by atoms with Crippen LogP contribution < -0.4 is 4.74 Å². The second-order valence-corrected chi connectivity index (χ2v) is 4.90. The van der Waals surface area contributed by atoms with Crippen LogP contribution in [0.3, 0.4) is 0 Å². The maximum Gasteiger partial charge on any atom is 0.409 e. The van der Waals surface area contributed by atoms with Crippen LogP contribution in [0.25, 0.3) is 0 Å². The number of hydrogen-bond acceptors (Lipinski definition) is 4. The zero-order valence-corrected chi connectivity index (χ0v) is 11.7. The van der Waals surface area contributed by atoms with Crippen LogP contribution in [0.2, 0.25) is 0 Å². The van der Waals surface area contributed by atoms with Crippen LogP contribution in [0.15, 0.2) is 22.8 Å². The van der Waals surface area contributed by atoms with Gasteiger partial charge in [0.2, 0.25) is 5.88 Å². The summed E-state index contributed by atoms with van der Waals surface area (Å²) in [4.78, 5) is 17.3. The Morgan fingerprint density at radius 2 is 2.44 bits per heavy atom. The first kappa shape index (κ1) is 13.1. The molecule has 1 fully saturated rings. The average Bonchev–Trinajstić information content (AvgIpc) is 2.81. The summed E-state index contributed by atoms with van der Waals surface area (Å²) < 4.78 is 11.6. The number of aromatic nitrogens is 1. The molecule has 1 aromatic heterocycles. The number of hydrogen-bond donors (Lipinski definition) is 0. The molecule has 0 saturated carbocycles. The van der Waals surface area contributed by atoms with E-state index in [0.29, 0.717) is 25.6 Å². The Morgan fingerprint density at radius 3 is 3.11 bits per heavy atom.